The van der Waals surface area contributed by atoms with Crippen LogP contribution in [0.1, 0.15) is 74.7 Å². The second-order valence-electron chi connectivity index (χ2n) is 18.2. The highest BCUT2D eigenvalue weighted by Gasteiger charge is 2.31. The lowest BCUT2D eigenvalue weighted by Gasteiger charge is -2.39. The molecule has 1 aromatic heterocycles. The van der Waals surface area contributed by atoms with Gasteiger partial charge >= 0.3 is 0 Å². The van der Waals surface area contributed by atoms with Gasteiger partial charge in [0.2, 0.25) is 0 Å². The molecule has 65 heavy (non-hydrogen) atoms. The van der Waals surface area contributed by atoms with E-state index in [9.17, 15) is 23.6 Å². The zero-order valence-electron chi connectivity index (χ0n) is 37.2. The third-order valence-electron chi connectivity index (χ3n) is 12.8. The van der Waals surface area contributed by atoms with Crippen molar-refractivity contribution in [1.82, 2.24) is 29.9 Å². The smallest absolute Gasteiger partial charge is 0.268 e. The topological polar surface area (TPSA) is 193 Å². The van der Waals surface area contributed by atoms with Gasteiger partial charge in [-0.05, 0) is 110 Å². The lowest BCUT2D eigenvalue weighted by Crippen LogP contribution is -2.46. The van der Waals surface area contributed by atoms with Crippen molar-refractivity contribution in [2.75, 3.05) is 63.6 Å². The van der Waals surface area contributed by atoms with E-state index < -0.39 is 20.7 Å². The van der Waals surface area contributed by atoms with E-state index >= 15 is 0 Å². The number of quaternary nitrogens is 1. The number of nitrogens with zero attached hydrogens (tertiary/aromatic N) is 3. The number of carbonyl (C=O) groups excluding carboxylic acids is 1. The minimum atomic E-state index is -4.55. The lowest BCUT2D eigenvalue weighted by atomic mass is 9.72. The quantitative estimate of drug-likeness (QED) is 0.0314. The van der Waals surface area contributed by atoms with E-state index in [2.05, 4.69) is 61.7 Å². The molecule has 0 radical (unpaired) electrons. The normalized spacial score (nSPS) is 20.3. The fourth-order valence-electron chi connectivity index (χ4n) is 9.20. The summed E-state index contributed by atoms with van der Waals surface area (Å²) in [5.41, 5.74) is 5.62. The van der Waals surface area contributed by atoms with Crippen LogP contribution in [0.4, 0.5) is 17.1 Å². The van der Waals surface area contributed by atoms with Crippen molar-refractivity contribution in [3.05, 3.63) is 112 Å². The van der Waals surface area contributed by atoms with Crippen LogP contribution in [0.5, 0.6) is 11.5 Å². The number of ether oxygens (including phenoxy) is 2. The number of allylic oxidation sites excluding steroid dienone is 1. The summed E-state index contributed by atoms with van der Waals surface area (Å²) in [7, 11) is -3.54. The van der Waals surface area contributed by atoms with Crippen LogP contribution in [-0.2, 0) is 14.8 Å². The molecule has 0 bridgehead atoms. The van der Waals surface area contributed by atoms with Gasteiger partial charge in [0.25, 0.3) is 15.9 Å². The minimum Gasteiger partial charge on any atom is -0.593 e. The molecule has 1 unspecified atom stereocenters. The predicted octanol–water partition coefficient (Wildman–Crippen LogP) is 8.67. The summed E-state index contributed by atoms with van der Waals surface area (Å²) in [5.74, 6) is -0.433. The van der Waals surface area contributed by atoms with E-state index in [0.29, 0.717) is 46.7 Å². The van der Waals surface area contributed by atoms with Gasteiger partial charge in [-0.15, -0.1) is 0 Å². The number of H-pyrrole nitrogens is 1. The van der Waals surface area contributed by atoms with Gasteiger partial charge in [-0.3, -0.25) is 14.8 Å². The molecular weight excluding hydrogens is 868 g/mol. The Morgan fingerprint density at radius 1 is 1.02 bits per heavy atom. The van der Waals surface area contributed by atoms with E-state index in [1.807, 2.05) is 18.2 Å². The van der Waals surface area contributed by atoms with Gasteiger partial charge in [-0.2, -0.15) is 9.91 Å². The Bertz CT molecular complexity index is 2620. The number of sulfonamides is 1. The van der Waals surface area contributed by atoms with Crippen LogP contribution >= 0.6 is 11.6 Å². The van der Waals surface area contributed by atoms with Crippen molar-refractivity contribution in [1.29, 1.82) is 0 Å². The molecule has 8 rings (SSSR count). The highest BCUT2D eigenvalue weighted by atomic mass is 35.5. The number of hydrogen-bond donors (Lipinski definition) is 6. The summed E-state index contributed by atoms with van der Waals surface area (Å²) >= 11 is 6.20. The third kappa shape index (κ3) is 11.5. The average molecular weight is 928 g/mol. The zero-order chi connectivity index (χ0) is 45.8. The van der Waals surface area contributed by atoms with Crippen molar-refractivity contribution >= 4 is 61.1 Å². The zero-order valence-corrected chi connectivity index (χ0v) is 38.7. The average Bonchev–Trinajstić information content (AvgIpc) is 3.77. The standard InChI is InChI=1S/C48H59ClN8O7S/c1-48(2)20-19-33(40(29-48)32-7-9-34(49)10-8-32)30-50-21-22-51-36-13-17-39(46(27-36)64-45-6-4-5-42-41(45)31-52-54-42)47(58)55-65(61,62)38-16-18-43(44(28-38)57(3,59)60)53-35-11-14-37(15-12-35)56-23-25-63-26-24-56/h4-10,13,16-18,27-28,31,35,37,50-51,53,59H,11-12,14-15,19-26,29-30H2,1-3H3,(H,52,54)(H,55,58). The fourth-order valence-corrected chi connectivity index (χ4v) is 10.3. The molecule has 1 amide bonds. The maximum atomic E-state index is 14.0. The second kappa shape index (κ2) is 19.8. The molecule has 3 aliphatic rings. The molecule has 2 aliphatic carbocycles. The Kier molecular flexibility index (Phi) is 14.2. The Hall–Kier alpha value is -5.04. The molecule has 1 aliphatic heterocycles. The SMILES string of the molecule is CC1(C)CCC(CNCCNc2ccc(C(=O)NS(=O)(=O)c3ccc(NC4CCC(N5CCOCC5)CC4)c([N+](C)([O-])O)c3)c(Oc3cccc4[nH]ncc34)c2)=C(c2ccc(Cl)cc2)C1. The van der Waals surface area contributed by atoms with Gasteiger partial charge in [-0.1, -0.05) is 49.2 Å². The Balaban J connectivity index is 0.958. The third-order valence-corrected chi connectivity index (χ3v) is 14.4. The molecule has 17 heteroatoms. The molecule has 346 valence electrons. The number of rotatable bonds is 16. The summed E-state index contributed by atoms with van der Waals surface area (Å²) in [6, 6.07) is 22.7. The number of morpholine rings is 1. The molecule has 15 nitrogen and oxygen atoms in total. The summed E-state index contributed by atoms with van der Waals surface area (Å²) in [6.07, 6.45) is 8.35. The van der Waals surface area contributed by atoms with Crippen LogP contribution in [-0.4, -0.2) is 99.7 Å². The number of nitrogens with one attached hydrogen (secondary N) is 5. The van der Waals surface area contributed by atoms with Crippen molar-refractivity contribution in [3.8, 4) is 11.5 Å². The number of aromatic amines is 1. The molecular formula is C48H59ClN8O7S. The van der Waals surface area contributed by atoms with Gasteiger partial charge in [0.15, 0.2) is 5.69 Å². The maximum Gasteiger partial charge on any atom is 0.268 e. The molecule has 6 N–H and O–H groups in total. The Morgan fingerprint density at radius 3 is 2.54 bits per heavy atom. The number of hydrogen-bond acceptors (Lipinski definition) is 12. The Labute approximate surface area is 385 Å². The van der Waals surface area contributed by atoms with Crippen LogP contribution in [0.25, 0.3) is 16.5 Å². The molecule has 1 atom stereocenters. The van der Waals surface area contributed by atoms with Crippen LogP contribution in [0.2, 0.25) is 5.02 Å². The van der Waals surface area contributed by atoms with Gasteiger partial charge in [-0.25, -0.2) is 18.3 Å². The van der Waals surface area contributed by atoms with E-state index in [1.54, 1.807) is 30.5 Å². The molecule has 1 saturated heterocycles. The monoisotopic (exact) mass is 926 g/mol. The largest absolute Gasteiger partial charge is 0.593 e. The van der Waals surface area contributed by atoms with Crippen LogP contribution in [0, 0.1) is 10.6 Å². The first-order valence-electron chi connectivity index (χ1n) is 22.4. The first kappa shape index (κ1) is 46.5. The number of amides is 1. The second-order valence-corrected chi connectivity index (χ2v) is 20.3. The van der Waals surface area contributed by atoms with Gasteiger partial charge in [0.1, 0.15) is 18.5 Å². The van der Waals surface area contributed by atoms with Crippen LogP contribution in [0.15, 0.2) is 95.5 Å². The highest BCUT2D eigenvalue weighted by molar-refractivity contribution is 7.90. The summed E-state index contributed by atoms with van der Waals surface area (Å²) in [5, 5.41) is 42.5. The lowest BCUT2D eigenvalue weighted by molar-refractivity contribution is -0.00409. The van der Waals surface area contributed by atoms with Crippen molar-refractivity contribution < 1.29 is 27.9 Å². The predicted molar refractivity (Wildman–Crippen MR) is 256 cm³/mol. The molecule has 0 spiro atoms. The van der Waals surface area contributed by atoms with Crippen LogP contribution < -0.4 is 30.2 Å². The summed E-state index contributed by atoms with van der Waals surface area (Å²) in [4.78, 5) is 14.2. The van der Waals surface area contributed by atoms with E-state index in [1.165, 1.54) is 34.9 Å². The van der Waals surface area contributed by atoms with Crippen molar-refractivity contribution in [2.45, 2.75) is 75.8 Å². The van der Waals surface area contributed by atoms with E-state index in [-0.39, 0.29) is 33.4 Å². The number of fused-ring (bicyclic) bond motifs is 1. The van der Waals surface area contributed by atoms with Gasteiger partial charge in [0, 0.05) is 67.7 Å². The summed E-state index contributed by atoms with van der Waals surface area (Å²) in [6.45, 7) is 9.87. The van der Waals surface area contributed by atoms with Gasteiger partial charge in [0.05, 0.1) is 46.5 Å². The molecule has 4 aromatic carbocycles. The number of anilines is 2. The van der Waals surface area contributed by atoms with Crippen molar-refractivity contribution in [3.63, 3.8) is 0 Å². The molecule has 2 fully saturated rings. The van der Waals surface area contributed by atoms with E-state index in [4.69, 9.17) is 21.1 Å². The molecule has 1 saturated carbocycles. The fraction of sp³-hybridized carbons (Fsp3) is 0.417. The van der Waals surface area contributed by atoms with Crippen molar-refractivity contribution in [2.24, 2.45) is 5.41 Å². The highest BCUT2D eigenvalue weighted by Crippen LogP contribution is 2.43. The number of carbonyl (C=O) groups is 1. The van der Waals surface area contributed by atoms with Crippen LogP contribution in [0.3, 0.4) is 0 Å². The molecule has 2 heterocycles. The number of halogens is 1. The summed E-state index contributed by atoms with van der Waals surface area (Å²) < 4.78 is 41.8. The number of aromatic nitrogens is 2. The minimum absolute atomic E-state index is 0.0285. The number of benzene rings is 4. The first-order chi connectivity index (χ1) is 31.1. The molecule has 5 aromatic rings. The van der Waals surface area contributed by atoms with Gasteiger partial charge < -0.3 is 30.6 Å². The Morgan fingerprint density at radius 2 is 1.78 bits per heavy atom. The first-order valence-corrected chi connectivity index (χ1v) is 24.2. The van der Waals surface area contributed by atoms with E-state index in [0.717, 1.165) is 96.4 Å². The number of hydroxylamine groups is 2. The maximum absolute atomic E-state index is 14.0.